The van der Waals surface area contributed by atoms with E-state index >= 15 is 4.39 Å². The van der Waals surface area contributed by atoms with Crippen LogP contribution in [0.15, 0.2) is 109 Å². The Hall–Kier alpha value is -3.16. The lowest BCUT2D eigenvalue weighted by Gasteiger charge is -2.44. The van der Waals surface area contributed by atoms with Crippen molar-refractivity contribution in [2.24, 2.45) is 5.92 Å². The summed E-state index contributed by atoms with van der Waals surface area (Å²) in [5, 5.41) is 8.51. The number of hydrogen-bond donors (Lipinski definition) is 2. The summed E-state index contributed by atoms with van der Waals surface area (Å²) < 4.78 is 15.1. The van der Waals surface area contributed by atoms with Crippen molar-refractivity contribution in [2.75, 3.05) is 52.4 Å². The normalized spacial score (nSPS) is 21.4. The molecular weight excluding hydrogens is 605 g/mol. The van der Waals surface area contributed by atoms with Crippen LogP contribution < -0.4 is 10.6 Å². The summed E-state index contributed by atoms with van der Waals surface area (Å²) in [5.41, 5.74) is 5.71. The quantitative estimate of drug-likeness (QED) is 0.207. The Bertz CT molecular complexity index is 1430. The van der Waals surface area contributed by atoms with Crippen molar-refractivity contribution >= 4 is 11.6 Å². The van der Waals surface area contributed by atoms with E-state index < -0.39 is 0 Å². The lowest BCUT2D eigenvalue weighted by Crippen LogP contribution is -2.52. The van der Waals surface area contributed by atoms with Gasteiger partial charge in [-0.3, -0.25) is 4.90 Å². The fraction of sp³-hybridized carbons (Fsp3) is 0.450. The molecule has 1 aliphatic carbocycles. The van der Waals surface area contributed by atoms with E-state index in [0.29, 0.717) is 5.92 Å². The number of nitrogens with zero attached hydrogens (tertiary/aromatic N) is 3. The Morgan fingerprint density at radius 1 is 1.06 bits per heavy atom. The van der Waals surface area contributed by atoms with Crippen LogP contribution >= 0.6 is 11.6 Å². The molecule has 0 radical (unpaired) electrons. The lowest BCUT2D eigenvalue weighted by molar-refractivity contribution is 0.0856. The van der Waals surface area contributed by atoms with Crippen molar-refractivity contribution in [3.8, 4) is 0 Å². The Kier molecular flexibility index (Phi) is 12.9. The van der Waals surface area contributed by atoms with Crippen LogP contribution in [0.2, 0.25) is 5.02 Å². The molecule has 0 amide bonds. The monoisotopic (exact) mass is 657 g/mol. The van der Waals surface area contributed by atoms with Gasteiger partial charge in [-0.15, -0.1) is 0 Å². The maximum absolute atomic E-state index is 15.1. The summed E-state index contributed by atoms with van der Waals surface area (Å²) in [5.74, 6) is 0.331. The second-order valence-electron chi connectivity index (χ2n) is 12.9. The maximum atomic E-state index is 15.1. The molecule has 3 aliphatic rings. The number of benzene rings is 2. The van der Waals surface area contributed by atoms with E-state index in [1.807, 2.05) is 24.3 Å². The van der Waals surface area contributed by atoms with Crippen LogP contribution in [0.4, 0.5) is 4.39 Å². The summed E-state index contributed by atoms with van der Waals surface area (Å²) in [6.45, 7) is 18.4. The Labute approximate surface area is 287 Å². The van der Waals surface area contributed by atoms with Crippen molar-refractivity contribution < 1.29 is 4.39 Å². The molecule has 4 atom stereocenters. The van der Waals surface area contributed by atoms with Crippen LogP contribution in [0.3, 0.4) is 0 Å². The summed E-state index contributed by atoms with van der Waals surface area (Å²) in [6.07, 6.45) is 16.2. The zero-order valence-electron chi connectivity index (χ0n) is 28.5. The molecule has 7 heteroatoms. The number of nitrogens with one attached hydrogen (secondary N) is 2. The number of halogens is 2. The van der Waals surface area contributed by atoms with Crippen LogP contribution in [0.1, 0.15) is 50.8 Å². The highest BCUT2D eigenvalue weighted by molar-refractivity contribution is 6.30. The molecule has 0 saturated carbocycles. The van der Waals surface area contributed by atoms with Gasteiger partial charge in [-0.25, -0.2) is 4.39 Å². The molecule has 2 aliphatic heterocycles. The molecular formula is C40H53ClFN5. The minimum atomic E-state index is -0.117. The predicted molar refractivity (Wildman–Crippen MR) is 196 cm³/mol. The fourth-order valence-corrected chi connectivity index (χ4v) is 7.23. The molecule has 2 N–H and O–H groups in total. The largest absolute Gasteiger partial charge is 0.380 e. The number of rotatable bonds is 15. The third-order valence-electron chi connectivity index (χ3n) is 9.91. The number of fused-ring (bicyclic) bond motifs is 1. The first-order valence-electron chi connectivity index (χ1n) is 17.5. The van der Waals surface area contributed by atoms with Gasteiger partial charge in [0.1, 0.15) is 5.82 Å². The molecule has 5 rings (SSSR count). The van der Waals surface area contributed by atoms with Gasteiger partial charge >= 0.3 is 0 Å². The highest BCUT2D eigenvalue weighted by Gasteiger charge is 2.31. The van der Waals surface area contributed by atoms with E-state index in [-0.39, 0.29) is 23.9 Å². The standard InChI is InChI=1S/C40H53ClFN5/c1-5-12-35(27-39-33-14-9-8-13-32(25-33)28-43-39)44-38(26-31-17-19-34(41)20-18-31)30(4)46-21-23-47(24-22-46)40(29-45(6-2)7-3)36-15-10-11-16-37(36)42/h8-20,25,32,38-40,43-44H,4-7,21-24,26-29H2,1-3H3. The molecule has 4 unspecified atom stereocenters. The molecule has 1 fully saturated rings. The maximum Gasteiger partial charge on any atom is 0.128 e. The molecule has 2 heterocycles. The highest BCUT2D eigenvalue weighted by Crippen LogP contribution is 2.28. The van der Waals surface area contributed by atoms with Crippen molar-refractivity contribution in [1.29, 1.82) is 0 Å². The van der Waals surface area contributed by atoms with Gasteiger partial charge in [-0.1, -0.05) is 106 Å². The zero-order chi connectivity index (χ0) is 33.2. The van der Waals surface area contributed by atoms with Gasteiger partial charge in [-0.05, 0) is 55.3 Å². The third kappa shape index (κ3) is 9.48. The minimum absolute atomic E-state index is 0.0127. The molecule has 1 saturated heterocycles. The van der Waals surface area contributed by atoms with Crippen LogP contribution in [-0.2, 0) is 6.42 Å². The Morgan fingerprint density at radius 2 is 1.81 bits per heavy atom. The van der Waals surface area contributed by atoms with Gasteiger partial charge < -0.3 is 20.4 Å². The van der Waals surface area contributed by atoms with E-state index in [2.05, 4.69) is 94.7 Å². The molecule has 2 bridgehead atoms. The number of hydrogen-bond acceptors (Lipinski definition) is 5. The first-order valence-corrected chi connectivity index (χ1v) is 17.9. The first-order chi connectivity index (χ1) is 22.9. The van der Waals surface area contributed by atoms with Gasteiger partial charge in [0.25, 0.3) is 0 Å². The van der Waals surface area contributed by atoms with Crippen molar-refractivity contribution in [3.63, 3.8) is 0 Å². The van der Waals surface area contributed by atoms with Gasteiger partial charge in [0.05, 0.1) is 12.1 Å². The van der Waals surface area contributed by atoms with E-state index in [0.717, 1.165) is 87.9 Å². The SMILES string of the molecule is C=C(C(Cc1ccc(Cl)cc1)NC(=CCC)CC1NCC2C=CC=CC1=C2)N1CCN(C(CN(CC)CC)c2ccccc2F)CC1. The van der Waals surface area contributed by atoms with Crippen LogP contribution in [-0.4, -0.2) is 79.1 Å². The van der Waals surface area contributed by atoms with Gasteiger partial charge in [-0.2, -0.15) is 0 Å². The summed E-state index contributed by atoms with van der Waals surface area (Å²) in [7, 11) is 0. The Balaban J connectivity index is 1.32. The minimum Gasteiger partial charge on any atom is -0.380 e. The average molecular weight is 658 g/mol. The highest BCUT2D eigenvalue weighted by atomic mass is 35.5. The lowest BCUT2D eigenvalue weighted by atomic mass is 9.92. The molecule has 252 valence electrons. The van der Waals surface area contributed by atoms with E-state index in [9.17, 15) is 0 Å². The van der Waals surface area contributed by atoms with Gasteiger partial charge in [0, 0.05) is 79.6 Å². The molecule has 0 aromatic heterocycles. The predicted octanol–water partition coefficient (Wildman–Crippen LogP) is 7.52. The molecule has 2 aromatic carbocycles. The smallest absolute Gasteiger partial charge is 0.128 e. The van der Waals surface area contributed by atoms with Crippen molar-refractivity contribution in [3.05, 3.63) is 130 Å². The molecule has 2 aromatic rings. The van der Waals surface area contributed by atoms with E-state index in [4.69, 9.17) is 18.2 Å². The summed E-state index contributed by atoms with van der Waals surface area (Å²) in [6, 6.07) is 15.8. The second-order valence-corrected chi connectivity index (χ2v) is 13.4. The first kappa shape index (κ1) is 35.2. The van der Waals surface area contributed by atoms with Crippen LogP contribution in [0, 0.1) is 11.7 Å². The summed E-state index contributed by atoms with van der Waals surface area (Å²) in [4.78, 5) is 7.30. The third-order valence-corrected chi connectivity index (χ3v) is 10.2. The van der Waals surface area contributed by atoms with Crippen molar-refractivity contribution in [1.82, 2.24) is 25.3 Å². The zero-order valence-corrected chi connectivity index (χ0v) is 29.2. The molecule has 0 spiro atoms. The fourth-order valence-electron chi connectivity index (χ4n) is 7.10. The topological polar surface area (TPSA) is 33.8 Å². The van der Waals surface area contributed by atoms with E-state index in [1.54, 1.807) is 12.1 Å². The summed E-state index contributed by atoms with van der Waals surface area (Å²) >= 11 is 6.26. The van der Waals surface area contributed by atoms with Gasteiger partial charge in [0.2, 0.25) is 0 Å². The molecule has 47 heavy (non-hydrogen) atoms. The van der Waals surface area contributed by atoms with Gasteiger partial charge in [0.15, 0.2) is 0 Å². The Morgan fingerprint density at radius 3 is 2.51 bits per heavy atom. The second kappa shape index (κ2) is 17.3. The number of piperazine rings is 1. The van der Waals surface area contributed by atoms with Crippen molar-refractivity contribution in [2.45, 2.75) is 58.2 Å². The number of likely N-dealkylation sites (N-methyl/N-ethyl adjacent to an activating group) is 1. The number of allylic oxidation sites excluding steroid dienone is 3. The molecule has 5 nitrogen and oxygen atoms in total. The van der Waals surface area contributed by atoms with E-state index in [1.165, 1.54) is 16.8 Å². The van der Waals surface area contributed by atoms with Crippen LogP contribution in [0.25, 0.3) is 0 Å². The average Bonchev–Trinajstić information content (AvgIpc) is 3.29. The van der Waals surface area contributed by atoms with Crippen LogP contribution in [0.5, 0.6) is 0 Å².